The summed E-state index contributed by atoms with van der Waals surface area (Å²) in [6.07, 6.45) is 9.11. The second kappa shape index (κ2) is 7.58. The third-order valence-electron chi connectivity index (χ3n) is 13.1. The highest BCUT2D eigenvalue weighted by Crippen LogP contribution is 2.75. The lowest BCUT2D eigenvalue weighted by Gasteiger charge is -2.70. The second-order valence-corrected chi connectivity index (χ2v) is 15.3. The van der Waals surface area contributed by atoms with Crippen molar-refractivity contribution in [3.8, 4) is 0 Å². The number of aliphatic hydroxyl groups is 1. The molecule has 36 heavy (non-hydrogen) atoms. The summed E-state index contributed by atoms with van der Waals surface area (Å²) in [5.74, 6) is 0.573. The molecule has 4 heteroatoms. The van der Waals surface area contributed by atoms with Crippen molar-refractivity contribution in [1.29, 1.82) is 0 Å². The van der Waals surface area contributed by atoms with Crippen molar-refractivity contribution < 1.29 is 19.4 Å². The Morgan fingerprint density at radius 2 is 1.67 bits per heavy atom. The van der Waals surface area contributed by atoms with Gasteiger partial charge in [-0.1, -0.05) is 53.7 Å². The number of rotatable bonds is 1. The third kappa shape index (κ3) is 3.03. The van der Waals surface area contributed by atoms with E-state index in [0.717, 1.165) is 56.9 Å². The number of methoxy groups -OCH3 is 1. The van der Waals surface area contributed by atoms with Crippen molar-refractivity contribution in [2.24, 2.45) is 50.2 Å². The fourth-order valence-corrected chi connectivity index (χ4v) is 10.8. The van der Waals surface area contributed by atoms with Gasteiger partial charge in [0, 0.05) is 5.92 Å². The highest BCUT2D eigenvalue weighted by Gasteiger charge is 2.70. The van der Waals surface area contributed by atoms with E-state index >= 15 is 0 Å². The van der Waals surface area contributed by atoms with Gasteiger partial charge in [-0.3, -0.25) is 9.59 Å². The fourth-order valence-electron chi connectivity index (χ4n) is 10.8. The van der Waals surface area contributed by atoms with Crippen LogP contribution >= 0.6 is 0 Å². The highest BCUT2D eigenvalue weighted by atomic mass is 16.5. The number of hydrogen-bond donors (Lipinski definition) is 1. The largest absolute Gasteiger partial charge is 0.469 e. The van der Waals surface area contributed by atoms with Crippen molar-refractivity contribution >= 4 is 11.8 Å². The predicted octanol–water partition coefficient (Wildman–Crippen LogP) is 6.67. The van der Waals surface area contributed by atoms with E-state index in [9.17, 15) is 14.7 Å². The molecule has 0 aromatic heterocycles. The molecule has 4 saturated carbocycles. The second-order valence-electron chi connectivity index (χ2n) is 15.3. The molecular weight excluding hydrogens is 448 g/mol. The number of allylic oxidation sites excluding steroid dienone is 2. The van der Waals surface area contributed by atoms with Gasteiger partial charge in [0.2, 0.25) is 0 Å². The van der Waals surface area contributed by atoms with E-state index in [2.05, 4.69) is 55.0 Å². The fraction of sp³-hybridized carbons (Fsp3) is 0.812. The lowest BCUT2D eigenvalue weighted by atomic mass is 9.33. The summed E-state index contributed by atoms with van der Waals surface area (Å²) >= 11 is 0. The number of ketones is 1. The molecule has 5 rings (SSSR count). The van der Waals surface area contributed by atoms with E-state index in [1.807, 2.05) is 6.08 Å². The molecule has 0 bridgehead atoms. The molecule has 1 N–H and O–H groups in total. The van der Waals surface area contributed by atoms with Gasteiger partial charge in [-0.25, -0.2) is 0 Å². The predicted molar refractivity (Wildman–Crippen MR) is 142 cm³/mol. The van der Waals surface area contributed by atoms with E-state index in [0.29, 0.717) is 0 Å². The van der Waals surface area contributed by atoms with Gasteiger partial charge in [0.25, 0.3) is 0 Å². The maximum atomic E-state index is 14.4. The number of fused-ring (bicyclic) bond motifs is 7. The summed E-state index contributed by atoms with van der Waals surface area (Å²) in [4.78, 5) is 27.2. The van der Waals surface area contributed by atoms with Gasteiger partial charge in [-0.15, -0.1) is 0 Å². The number of carbonyl (C=O) groups excluding carboxylic acids is 2. The van der Waals surface area contributed by atoms with Crippen molar-refractivity contribution in [2.45, 2.75) is 106 Å². The number of hydrogen-bond acceptors (Lipinski definition) is 4. The van der Waals surface area contributed by atoms with Crippen molar-refractivity contribution in [3.05, 3.63) is 23.8 Å². The zero-order valence-corrected chi connectivity index (χ0v) is 23.9. The van der Waals surface area contributed by atoms with Gasteiger partial charge in [-0.2, -0.15) is 0 Å². The van der Waals surface area contributed by atoms with Crippen LogP contribution in [0.2, 0.25) is 0 Å². The van der Waals surface area contributed by atoms with Crippen LogP contribution in [-0.4, -0.2) is 30.1 Å². The van der Waals surface area contributed by atoms with Crippen LogP contribution in [0.1, 0.15) is 99.8 Å². The number of aliphatic hydroxyl groups excluding tert-OH is 1. The molecule has 0 amide bonds. The van der Waals surface area contributed by atoms with Gasteiger partial charge in [-0.05, 0) is 109 Å². The molecule has 4 fully saturated rings. The lowest BCUT2D eigenvalue weighted by molar-refractivity contribution is -0.191. The summed E-state index contributed by atoms with van der Waals surface area (Å²) in [7, 11) is 1.50. The summed E-state index contributed by atoms with van der Waals surface area (Å²) in [6.45, 7) is 20.2. The summed E-state index contributed by atoms with van der Waals surface area (Å²) < 4.78 is 5.25. The highest BCUT2D eigenvalue weighted by molar-refractivity contribution is 5.95. The van der Waals surface area contributed by atoms with Crippen LogP contribution in [0, 0.1) is 50.2 Å². The van der Waals surface area contributed by atoms with E-state index in [4.69, 9.17) is 4.74 Å². The van der Waals surface area contributed by atoms with Gasteiger partial charge in [0.1, 0.15) is 0 Å². The SMILES string of the molecule is C=C1C[C@]2(C)[C@H]3C(=O)C=C4[C@@H]5C[C@@](C)(C(=O)OC)CC[C@]5(C)CC[C@@]4(C)[C@]3(C)CC[C@H]2C(C)(C)[C@H]1O. The van der Waals surface area contributed by atoms with Crippen LogP contribution in [0.3, 0.4) is 0 Å². The number of ether oxygens (including phenoxy) is 1. The Hall–Kier alpha value is -1.42. The topological polar surface area (TPSA) is 63.6 Å². The Labute approximate surface area is 218 Å². The molecule has 0 aromatic carbocycles. The van der Waals surface area contributed by atoms with Crippen LogP contribution in [0.25, 0.3) is 0 Å². The maximum Gasteiger partial charge on any atom is 0.311 e. The Kier molecular flexibility index (Phi) is 5.52. The summed E-state index contributed by atoms with van der Waals surface area (Å²) in [5.41, 5.74) is 1.06. The molecule has 9 atom stereocenters. The Morgan fingerprint density at radius 1 is 1.03 bits per heavy atom. The Balaban J connectivity index is 1.63. The Bertz CT molecular complexity index is 1050. The normalized spacial score (nSPS) is 51.8. The average molecular weight is 497 g/mol. The lowest BCUT2D eigenvalue weighted by Crippen LogP contribution is -2.66. The van der Waals surface area contributed by atoms with E-state index in [-0.39, 0.29) is 56.6 Å². The molecule has 0 aromatic rings. The van der Waals surface area contributed by atoms with Crippen molar-refractivity contribution in [1.82, 2.24) is 0 Å². The molecule has 4 nitrogen and oxygen atoms in total. The zero-order valence-electron chi connectivity index (χ0n) is 23.9. The molecule has 5 aliphatic rings. The van der Waals surface area contributed by atoms with Crippen LogP contribution in [0.4, 0.5) is 0 Å². The molecular formula is C32H48O4. The van der Waals surface area contributed by atoms with Gasteiger partial charge >= 0.3 is 5.97 Å². The monoisotopic (exact) mass is 496 g/mol. The van der Waals surface area contributed by atoms with E-state index in [1.54, 1.807) is 0 Å². The minimum Gasteiger partial charge on any atom is -0.469 e. The molecule has 0 aliphatic heterocycles. The molecule has 5 aliphatic carbocycles. The minimum absolute atomic E-state index is 0.0824. The zero-order chi connectivity index (χ0) is 26.7. The standard InChI is InChI=1S/C32H48O4/c1-19-17-30(6)23(27(2,3)25(19)34)10-11-32(8)24(30)22(33)16-20-21-18-29(5,26(35)36-9)13-12-28(21,4)14-15-31(20,32)7/h16,21,23-25,34H,1,10-15,17-18H2,2-9H3/t21-,23-,24+,25-,28+,29-,30-,31+,32+/m0/s1. The quantitative estimate of drug-likeness (QED) is 0.325. The first-order valence-corrected chi connectivity index (χ1v) is 14.2. The molecule has 0 radical (unpaired) electrons. The van der Waals surface area contributed by atoms with Crippen LogP contribution in [-0.2, 0) is 14.3 Å². The Morgan fingerprint density at radius 3 is 2.31 bits per heavy atom. The van der Waals surface area contributed by atoms with Crippen molar-refractivity contribution in [2.75, 3.05) is 7.11 Å². The first-order valence-electron chi connectivity index (χ1n) is 14.2. The maximum absolute atomic E-state index is 14.4. The van der Waals surface area contributed by atoms with Gasteiger partial charge in [0.15, 0.2) is 5.78 Å². The molecule has 200 valence electrons. The summed E-state index contributed by atoms with van der Waals surface area (Å²) in [6, 6.07) is 0. The van der Waals surface area contributed by atoms with Crippen LogP contribution in [0.15, 0.2) is 23.8 Å². The van der Waals surface area contributed by atoms with E-state index < -0.39 is 11.5 Å². The molecule has 0 spiro atoms. The van der Waals surface area contributed by atoms with Gasteiger partial charge in [0.05, 0.1) is 18.6 Å². The van der Waals surface area contributed by atoms with Gasteiger partial charge < -0.3 is 9.84 Å². The average Bonchev–Trinajstić information content (AvgIpc) is 2.79. The minimum atomic E-state index is -0.520. The smallest absolute Gasteiger partial charge is 0.311 e. The number of carbonyl (C=O) groups is 2. The summed E-state index contributed by atoms with van der Waals surface area (Å²) in [5, 5.41) is 11.1. The number of esters is 1. The first kappa shape index (κ1) is 26.2. The first-order chi connectivity index (χ1) is 16.5. The molecule has 0 saturated heterocycles. The third-order valence-corrected chi connectivity index (χ3v) is 13.1. The molecule has 0 heterocycles. The molecule has 0 unspecified atom stereocenters. The van der Waals surface area contributed by atoms with E-state index in [1.165, 1.54) is 12.7 Å². The van der Waals surface area contributed by atoms with Crippen LogP contribution in [0.5, 0.6) is 0 Å². The van der Waals surface area contributed by atoms with Crippen molar-refractivity contribution in [3.63, 3.8) is 0 Å². The van der Waals surface area contributed by atoms with Crippen LogP contribution < -0.4 is 0 Å².